The van der Waals surface area contributed by atoms with Crippen LogP contribution in [-0.4, -0.2) is 63.7 Å². The van der Waals surface area contributed by atoms with Crippen molar-refractivity contribution in [3.05, 3.63) is 30.3 Å². The summed E-state index contributed by atoms with van der Waals surface area (Å²) in [5.74, 6) is 1.79. The lowest BCUT2D eigenvalue weighted by Crippen LogP contribution is -2.49. The van der Waals surface area contributed by atoms with Gasteiger partial charge in [-0.05, 0) is 51.4 Å². The number of nitrogens with zero attached hydrogens (tertiary/aromatic N) is 3. The molecule has 2 unspecified atom stereocenters. The van der Waals surface area contributed by atoms with Crippen molar-refractivity contribution in [2.75, 3.05) is 45.7 Å². The minimum Gasteiger partial charge on any atom is -0.369 e. The molecule has 0 aromatic heterocycles. The molecule has 1 saturated carbocycles. The Morgan fingerprint density at radius 2 is 2.00 bits per heavy atom. The second-order valence-electron chi connectivity index (χ2n) is 7.23. The maximum absolute atomic E-state index is 4.42. The molecule has 2 fully saturated rings. The van der Waals surface area contributed by atoms with Gasteiger partial charge in [0.25, 0.3) is 0 Å². The highest BCUT2D eigenvalue weighted by atomic mass is 15.3. The first-order valence-electron chi connectivity index (χ1n) is 9.11. The molecule has 2 N–H and O–H groups in total. The Hall–Kier alpha value is -1.75. The second-order valence-corrected chi connectivity index (χ2v) is 7.23. The highest BCUT2D eigenvalue weighted by Crippen LogP contribution is 2.34. The predicted octanol–water partition coefficient (Wildman–Crippen LogP) is 1.77. The van der Waals surface area contributed by atoms with Crippen LogP contribution in [0.1, 0.15) is 19.3 Å². The van der Waals surface area contributed by atoms with Gasteiger partial charge in [-0.25, -0.2) is 0 Å². The Labute approximate surface area is 146 Å². The number of likely N-dealkylation sites (N-methyl/N-ethyl adjacent to an activating group) is 1. The minimum atomic E-state index is 0.454. The van der Waals surface area contributed by atoms with Crippen LogP contribution in [0.5, 0.6) is 0 Å². The Bertz CT molecular complexity index is 536. The fourth-order valence-corrected chi connectivity index (χ4v) is 3.59. The Morgan fingerprint density at radius 3 is 2.62 bits per heavy atom. The summed E-state index contributed by atoms with van der Waals surface area (Å²) in [6, 6.07) is 11.7. The van der Waals surface area contributed by atoms with E-state index < -0.39 is 0 Å². The van der Waals surface area contributed by atoms with Gasteiger partial charge in [0.15, 0.2) is 5.96 Å². The maximum Gasteiger partial charge on any atom is 0.191 e. The zero-order valence-corrected chi connectivity index (χ0v) is 15.2. The van der Waals surface area contributed by atoms with Gasteiger partial charge in [0.05, 0.1) is 0 Å². The van der Waals surface area contributed by atoms with Crippen molar-refractivity contribution in [3.63, 3.8) is 0 Å². The summed E-state index contributed by atoms with van der Waals surface area (Å²) in [6.45, 7) is 3.10. The molecule has 0 amide bonds. The van der Waals surface area contributed by atoms with Crippen LogP contribution in [0.3, 0.4) is 0 Å². The van der Waals surface area contributed by atoms with E-state index in [0.29, 0.717) is 12.1 Å². The fourth-order valence-electron chi connectivity index (χ4n) is 3.59. The summed E-state index contributed by atoms with van der Waals surface area (Å²) in [4.78, 5) is 9.20. The number of nitrogens with one attached hydrogen (secondary N) is 2. The molecule has 5 heteroatoms. The van der Waals surface area contributed by atoms with Gasteiger partial charge >= 0.3 is 0 Å². The molecular weight excluding hydrogens is 298 g/mol. The lowest BCUT2D eigenvalue weighted by molar-refractivity contribution is 0.264. The highest BCUT2D eigenvalue weighted by molar-refractivity contribution is 5.80. The third kappa shape index (κ3) is 4.41. The number of anilines is 1. The average molecular weight is 329 g/mol. The summed E-state index contributed by atoms with van der Waals surface area (Å²) in [5.41, 5.74) is 1.31. The van der Waals surface area contributed by atoms with Crippen molar-refractivity contribution in [2.24, 2.45) is 10.9 Å². The molecule has 3 rings (SSSR count). The summed E-state index contributed by atoms with van der Waals surface area (Å²) in [7, 11) is 6.21. The number of hydrogen-bond acceptors (Lipinski definition) is 3. The number of para-hydroxylation sites is 1. The van der Waals surface area contributed by atoms with Crippen LogP contribution >= 0.6 is 0 Å². The number of aliphatic imine (C=N–C) groups is 1. The molecule has 5 nitrogen and oxygen atoms in total. The normalized spacial score (nSPS) is 22.8. The minimum absolute atomic E-state index is 0.454. The maximum atomic E-state index is 4.42. The third-order valence-electron chi connectivity index (χ3n) is 5.18. The van der Waals surface area contributed by atoms with E-state index in [0.717, 1.165) is 37.9 Å². The van der Waals surface area contributed by atoms with Gasteiger partial charge in [0.2, 0.25) is 0 Å². The Balaban J connectivity index is 1.47. The van der Waals surface area contributed by atoms with Gasteiger partial charge in [0.1, 0.15) is 0 Å². The lowest BCUT2D eigenvalue weighted by atomic mass is 10.1. The van der Waals surface area contributed by atoms with Crippen LogP contribution in [0.15, 0.2) is 35.3 Å². The van der Waals surface area contributed by atoms with E-state index >= 15 is 0 Å². The first-order chi connectivity index (χ1) is 11.7. The molecule has 0 spiro atoms. The monoisotopic (exact) mass is 329 g/mol. The van der Waals surface area contributed by atoms with Crippen LogP contribution in [0.25, 0.3) is 0 Å². The van der Waals surface area contributed by atoms with Gasteiger partial charge in [-0.3, -0.25) is 4.99 Å². The highest BCUT2D eigenvalue weighted by Gasteiger charge is 2.32. The second kappa shape index (κ2) is 7.88. The molecule has 24 heavy (non-hydrogen) atoms. The zero-order valence-electron chi connectivity index (χ0n) is 15.2. The summed E-state index contributed by atoms with van der Waals surface area (Å²) < 4.78 is 0. The van der Waals surface area contributed by atoms with E-state index in [1.165, 1.54) is 18.5 Å². The Kier molecular flexibility index (Phi) is 5.61. The largest absolute Gasteiger partial charge is 0.369 e. The van der Waals surface area contributed by atoms with Crippen molar-refractivity contribution in [1.29, 1.82) is 0 Å². The molecule has 0 bridgehead atoms. The molecule has 0 radical (unpaired) electrons. The number of rotatable bonds is 6. The lowest BCUT2D eigenvalue weighted by Gasteiger charge is -2.26. The molecule has 1 aromatic carbocycles. The predicted molar refractivity (Wildman–Crippen MR) is 102 cm³/mol. The first-order valence-corrected chi connectivity index (χ1v) is 9.11. The van der Waals surface area contributed by atoms with Gasteiger partial charge < -0.3 is 20.4 Å². The van der Waals surface area contributed by atoms with E-state index in [4.69, 9.17) is 0 Å². The topological polar surface area (TPSA) is 42.9 Å². The molecule has 2 aliphatic rings. The zero-order chi connectivity index (χ0) is 16.9. The molecule has 1 saturated heterocycles. The van der Waals surface area contributed by atoms with E-state index in [1.54, 1.807) is 0 Å². The van der Waals surface area contributed by atoms with Crippen molar-refractivity contribution < 1.29 is 0 Å². The number of hydrogen-bond donors (Lipinski definition) is 2. The fraction of sp³-hybridized carbons (Fsp3) is 0.632. The van der Waals surface area contributed by atoms with Crippen molar-refractivity contribution in [1.82, 2.24) is 15.5 Å². The molecular formula is C19H31N5. The van der Waals surface area contributed by atoms with Crippen molar-refractivity contribution in [2.45, 2.75) is 31.3 Å². The summed E-state index contributed by atoms with van der Waals surface area (Å²) >= 11 is 0. The third-order valence-corrected chi connectivity index (χ3v) is 5.18. The van der Waals surface area contributed by atoms with Gasteiger partial charge in [-0.2, -0.15) is 0 Å². The average Bonchev–Trinajstić information content (AvgIpc) is 3.32. The van der Waals surface area contributed by atoms with Crippen LogP contribution in [0, 0.1) is 5.92 Å². The van der Waals surface area contributed by atoms with Crippen molar-refractivity contribution in [3.8, 4) is 0 Å². The van der Waals surface area contributed by atoms with Crippen LogP contribution < -0.4 is 15.5 Å². The molecule has 132 valence electrons. The van der Waals surface area contributed by atoms with E-state index in [2.05, 4.69) is 69.9 Å². The molecule has 1 aliphatic heterocycles. The molecule has 1 heterocycles. The molecule has 1 aliphatic carbocycles. The van der Waals surface area contributed by atoms with Crippen molar-refractivity contribution >= 4 is 11.6 Å². The van der Waals surface area contributed by atoms with Gasteiger partial charge in [-0.1, -0.05) is 18.2 Å². The smallest absolute Gasteiger partial charge is 0.191 e. The SMILES string of the molecule is CN=C(NCC(C1CC1)N(C)C)NC1CCN(c2ccccc2)C1. The van der Waals surface area contributed by atoms with Crippen LogP contribution in [-0.2, 0) is 0 Å². The summed E-state index contributed by atoms with van der Waals surface area (Å²) in [5, 5.41) is 7.13. The molecule has 2 atom stereocenters. The van der Waals surface area contributed by atoms with E-state index in [-0.39, 0.29) is 0 Å². The van der Waals surface area contributed by atoms with Gasteiger partial charge in [-0.15, -0.1) is 0 Å². The Morgan fingerprint density at radius 1 is 1.25 bits per heavy atom. The number of benzene rings is 1. The van der Waals surface area contributed by atoms with Gasteiger partial charge in [0, 0.05) is 44.5 Å². The van der Waals surface area contributed by atoms with Crippen LogP contribution in [0.2, 0.25) is 0 Å². The molecule has 1 aromatic rings. The first kappa shape index (κ1) is 17.1. The van der Waals surface area contributed by atoms with Crippen LogP contribution in [0.4, 0.5) is 5.69 Å². The standard InChI is InChI=1S/C19H31N5/c1-20-19(21-13-18(23(2)3)15-9-10-15)22-16-11-12-24(14-16)17-7-5-4-6-8-17/h4-8,15-16,18H,9-14H2,1-3H3,(H2,20,21,22). The van der Waals surface area contributed by atoms with E-state index in [9.17, 15) is 0 Å². The van der Waals surface area contributed by atoms with E-state index in [1.807, 2.05) is 7.05 Å². The summed E-state index contributed by atoms with van der Waals surface area (Å²) in [6.07, 6.45) is 3.88. The quantitative estimate of drug-likeness (QED) is 0.617. The number of guanidine groups is 1.